The van der Waals surface area contributed by atoms with E-state index in [2.05, 4.69) is 0 Å². The van der Waals surface area contributed by atoms with Crippen LogP contribution in [0.1, 0.15) is 11.1 Å². The van der Waals surface area contributed by atoms with Crippen molar-refractivity contribution in [1.29, 1.82) is 0 Å². The van der Waals surface area contributed by atoms with Crippen LogP contribution in [0.3, 0.4) is 0 Å². The average molecular weight is 362 g/mol. The molecule has 25 heavy (non-hydrogen) atoms. The zero-order chi connectivity index (χ0) is 17.8. The van der Waals surface area contributed by atoms with E-state index in [9.17, 15) is 9.90 Å². The van der Waals surface area contributed by atoms with Crippen molar-refractivity contribution in [2.24, 2.45) is 5.92 Å². The molecule has 0 aromatic heterocycles. The lowest BCUT2D eigenvalue weighted by molar-refractivity contribution is 0.0342. The minimum absolute atomic E-state index is 0.209. The number of aromatic hydroxyl groups is 1. The quantitative estimate of drug-likeness (QED) is 0.874. The second-order valence-corrected chi connectivity index (χ2v) is 6.62. The summed E-state index contributed by atoms with van der Waals surface area (Å²) in [7, 11) is 0. The fourth-order valence-electron chi connectivity index (χ4n) is 2.61. The third-order valence-corrected chi connectivity index (χ3v) is 4.55. The van der Waals surface area contributed by atoms with E-state index in [0.717, 1.165) is 11.1 Å². The summed E-state index contributed by atoms with van der Waals surface area (Å²) in [4.78, 5) is 13.7. The minimum atomic E-state index is -0.312. The Morgan fingerprint density at radius 1 is 1.24 bits per heavy atom. The predicted octanol–water partition coefficient (Wildman–Crippen LogP) is 4.00. The minimum Gasteiger partial charge on any atom is -0.508 e. The maximum Gasteiger partial charge on any atom is 0.410 e. The van der Waals surface area contributed by atoms with E-state index >= 15 is 0 Å². The number of benzene rings is 2. The fraction of sp³-hybridized carbons (Fsp3) is 0.316. The number of phenolic OH excluding ortho intramolecular Hbond substituents is 1. The summed E-state index contributed by atoms with van der Waals surface area (Å²) in [6.45, 7) is 3.93. The SMILES string of the molecule is Cc1cc(COC(=O)N2CC(COc3ccc(O)cc3)C2)ccc1Cl. The molecule has 0 spiro atoms. The molecule has 1 aliphatic rings. The van der Waals surface area contributed by atoms with E-state index in [-0.39, 0.29) is 18.4 Å². The third-order valence-electron chi connectivity index (χ3n) is 4.12. The molecule has 1 fully saturated rings. The number of ether oxygens (including phenoxy) is 2. The maximum absolute atomic E-state index is 12.0. The monoisotopic (exact) mass is 361 g/mol. The molecule has 1 aliphatic heterocycles. The zero-order valence-corrected chi connectivity index (χ0v) is 14.7. The summed E-state index contributed by atoms with van der Waals surface area (Å²) in [6.07, 6.45) is -0.312. The first-order valence-electron chi connectivity index (χ1n) is 8.10. The van der Waals surface area contributed by atoms with E-state index in [1.807, 2.05) is 19.1 Å². The average Bonchev–Trinajstić information content (AvgIpc) is 2.56. The van der Waals surface area contributed by atoms with E-state index in [1.54, 1.807) is 35.2 Å². The van der Waals surface area contributed by atoms with Crippen molar-refractivity contribution in [1.82, 2.24) is 4.90 Å². The van der Waals surface area contributed by atoms with Gasteiger partial charge in [0.25, 0.3) is 0 Å². The third kappa shape index (κ3) is 4.57. The van der Waals surface area contributed by atoms with Crippen LogP contribution in [0, 0.1) is 12.8 Å². The van der Waals surface area contributed by atoms with Crippen LogP contribution in [0.25, 0.3) is 0 Å². The van der Waals surface area contributed by atoms with Gasteiger partial charge in [0.05, 0.1) is 6.61 Å². The van der Waals surface area contributed by atoms with Gasteiger partial charge < -0.3 is 19.5 Å². The maximum atomic E-state index is 12.0. The number of amides is 1. The summed E-state index contributed by atoms with van der Waals surface area (Å²) in [5, 5.41) is 9.93. The molecule has 2 aromatic carbocycles. The first-order valence-corrected chi connectivity index (χ1v) is 8.47. The first kappa shape index (κ1) is 17.4. The number of hydrogen-bond acceptors (Lipinski definition) is 4. The van der Waals surface area contributed by atoms with Gasteiger partial charge in [-0.15, -0.1) is 0 Å². The van der Waals surface area contributed by atoms with Crippen molar-refractivity contribution >= 4 is 17.7 Å². The molecule has 5 nitrogen and oxygen atoms in total. The van der Waals surface area contributed by atoms with Crippen molar-refractivity contribution in [2.75, 3.05) is 19.7 Å². The van der Waals surface area contributed by atoms with Gasteiger partial charge in [-0.2, -0.15) is 0 Å². The summed E-state index contributed by atoms with van der Waals surface area (Å²) in [5.74, 6) is 1.21. The van der Waals surface area contributed by atoms with Crippen LogP contribution in [-0.2, 0) is 11.3 Å². The van der Waals surface area contributed by atoms with Gasteiger partial charge in [-0.3, -0.25) is 0 Å². The molecular weight excluding hydrogens is 342 g/mol. The Morgan fingerprint density at radius 2 is 1.96 bits per heavy atom. The molecule has 2 aromatic rings. The number of hydrogen-bond donors (Lipinski definition) is 1. The topological polar surface area (TPSA) is 59.0 Å². The molecule has 132 valence electrons. The molecule has 0 aliphatic carbocycles. The molecule has 0 unspecified atom stereocenters. The van der Waals surface area contributed by atoms with Crippen molar-refractivity contribution < 1.29 is 19.4 Å². The molecule has 1 N–H and O–H groups in total. The first-order chi connectivity index (χ1) is 12.0. The molecule has 1 saturated heterocycles. The number of aryl methyl sites for hydroxylation is 1. The van der Waals surface area contributed by atoms with Gasteiger partial charge in [0.1, 0.15) is 18.1 Å². The lowest BCUT2D eigenvalue weighted by Crippen LogP contribution is -2.52. The summed E-state index contributed by atoms with van der Waals surface area (Å²) in [6, 6.07) is 12.2. The number of phenols is 1. The molecule has 0 radical (unpaired) electrons. The molecule has 1 heterocycles. The number of likely N-dealkylation sites (tertiary alicyclic amines) is 1. The molecular formula is C19H20ClNO4. The highest BCUT2D eigenvalue weighted by Crippen LogP contribution is 2.21. The lowest BCUT2D eigenvalue weighted by Gasteiger charge is -2.37. The summed E-state index contributed by atoms with van der Waals surface area (Å²) in [5.41, 5.74) is 1.88. The Hall–Kier alpha value is -2.40. The highest BCUT2D eigenvalue weighted by Gasteiger charge is 2.32. The van der Waals surface area contributed by atoms with Crippen molar-refractivity contribution in [2.45, 2.75) is 13.5 Å². The van der Waals surface area contributed by atoms with E-state index in [0.29, 0.717) is 36.4 Å². The van der Waals surface area contributed by atoms with Crippen molar-refractivity contribution in [3.8, 4) is 11.5 Å². The van der Waals surface area contributed by atoms with Crippen LogP contribution in [0.4, 0.5) is 4.79 Å². The second-order valence-electron chi connectivity index (χ2n) is 6.21. The van der Waals surface area contributed by atoms with Crippen LogP contribution >= 0.6 is 11.6 Å². The number of carbonyl (C=O) groups is 1. The van der Waals surface area contributed by atoms with Crippen LogP contribution in [-0.4, -0.2) is 35.8 Å². The Labute approximate surface area is 151 Å². The van der Waals surface area contributed by atoms with Crippen LogP contribution in [0.15, 0.2) is 42.5 Å². The molecule has 0 atom stereocenters. The molecule has 6 heteroatoms. The standard InChI is InChI=1S/C19H20ClNO4/c1-13-8-14(2-7-18(13)20)11-25-19(23)21-9-15(10-21)12-24-17-5-3-16(22)4-6-17/h2-8,15,22H,9-12H2,1H3. The van der Waals surface area contributed by atoms with Crippen LogP contribution < -0.4 is 4.74 Å². The van der Waals surface area contributed by atoms with Crippen LogP contribution in [0.5, 0.6) is 11.5 Å². The Bertz CT molecular complexity index is 742. The van der Waals surface area contributed by atoms with Gasteiger partial charge in [-0.05, 0) is 48.4 Å². The molecule has 3 rings (SSSR count). The van der Waals surface area contributed by atoms with E-state index in [1.165, 1.54) is 0 Å². The Kier molecular flexibility index (Phi) is 5.34. The summed E-state index contributed by atoms with van der Waals surface area (Å²) >= 11 is 5.98. The highest BCUT2D eigenvalue weighted by atomic mass is 35.5. The Balaban J connectivity index is 1.37. The van der Waals surface area contributed by atoms with Gasteiger partial charge in [0.2, 0.25) is 0 Å². The number of carbonyl (C=O) groups excluding carboxylic acids is 1. The zero-order valence-electron chi connectivity index (χ0n) is 13.9. The smallest absolute Gasteiger partial charge is 0.410 e. The fourth-order valence-corrected chi connectivity index (χ4v) is 2.73. The van der Waals surface area contributed by atoms with Crippen molar-refractivity contribution in [3.05, 3.63) is 58.6 Å². The molecule has 1 amide bonds. The van der Waals surface area contributed by atoms with Gasteiger partial charge in [0, 0.05) is 24.0 Å². The molecule has 0 bridgehead atoms. The Morgan fingerprint density at radius 3 is 2.64 bits per heavy atom. The van der Waals surface area contributed by atoms with E-state index in [4.69, 9.17) is 21.1 Å². The summed E-state index contributed by atoms with van der Waals surface area (Å²) < 4.78 is 11.0. The second kappa shape index (κ2) is 7.66. The number of halogens is 1. The lowest BCUT2D eigenvalue weighted by atomic mass is 10.0. The van der Waals surface area contributed by atoms with Gasteiger partial charge in [0.15, 0.2) is 0 Å². The number of nitrogens with zero attached hydrogens (tertiary/aromatic N) is 1. The van der Waals surface area contributed by atoms with E-state index < -0.39 is 0 Å². The normalized spacial score (nSPS) is 14.1. The van der Waals surface area contributed by atoms with Crippen LogP contribution in [0.2, 0.25) is 5.02 Å². The molecule has 0 saturated carbocycles. The predicted molar refractivity (Wildman–Crippen MR) is 95.0 cm³/mol. The van der Waals surface area contributed by atoms with Crippen molar-refractivity contribution in [3.63, 3.8) is 0 Å². The van der Waals surface area contributed by atoms with Gasteiger partial charge in [-0.1, -0.05) is 23.7 Å². The van der Waals surface area contributed by atoms with Gasteiger partial charge in [-0.25, -0.2) is 4.79 Å². The largest absolute Gasteiger partial charge is 0.508 e. The highest BCUT2D eigenvalue weighted by molar-refractivity contribution is 6.31. The number of rotatable bonds is 5. The van der Waals surface area contributed by atoms with Gasteiger partial charge >= 0.3 is 6.09 Å².